The largest absolute Gasteiger partial charge is 0.345 e. The molecule has 0 aliphatic carbocycles. The van der Waals surface area contributed by atoms with E-state index in [1.54, 1.807) is 6.33 Å². The summed E-state index contributed by atoms with van der Waals surface area (Å²) in [6.45, 7) is 7.82. The number of hydrogen-bond acceptors (Lipinski definition) is 3. The zero-order valence-corrected chi connectivity index (χ0v) is 22.8. The molecule has 5 aromatic rings. The van der Waals surface area contributed by atoms with E-state index in [9.17, 15) is 0 Å². The van der Waals surface area contributed by atoms with Crippen molar-refractivity contribution in [3.05, 3.63) is 120 Å². The van der Waals surface area contributed by atoms with Gasteiger partial charge in [0.2, 0.25) is 0 Å². The molecule has 3 heterocycles. The van der Waals surface area contributed by atoms with Crippen molar-refractivity contribution in [3.8, 4) is 22.5 Å². The van der Waals surface area contributed by atoms with Gasteiger partial charge in [0.25, 0.3) is 0 Å². The summed E-state index contributed by atoms with van der Waals surface area (Å²) in [6.07, 6.45) is 10.1. The van der Waals surface area contributed by atoms with Crippen molar-refractivity contribution in [2.24, 2.45) is 0 Å². The van der Waals surface area contributed by atoms with Crippen LogP contribution in [0.1, 0.15) is 67.7 Å². The van der Waals surface area contributed by atoms with Crippen LogP contribution in [0.2, 0.25) is 0 Å². The van der Waals surface area contributed by atoms with E-state index in [0.717, 1.165) is 46.9 Å². The van der Waals surface area contributed by atoms with Gasteiger partial charge in [0.1, 0.15) is 5.82 Å². The molecule has 0 saturated carbocycles. The van der Waals surface area contributed by atoms with Crippen molar-refractivity contribution in [2.45, 2.75) is 45.1 Å². The Morgan fingerprint density at radius 3 is 2.10 bits per heavy atom. The summed E-state index contributed by atoms with van der Waals surface area (Å²) >= 11 is 0. The fraction of sp³-hybridized carbons (Fsp3) is 0.235. The van der Waals surface area contributed by atoms with Crippen molar-refractivity contribution in [1.29, 1.82) is 0 Å². The van der Waals surface area contributed by atoms with Crippen LogP contribution in [0.4, 0.5) is 0 Å². The van der Waals surface area contributed by atoms with Crippen LogP contribution in [0.25, 0.3) is 34.2 Å². The highest BCUT2D eigenvalue weighted by molar-refractivity contribution is 5.92. The summed E-state index contributed by atoms with van der Waals surface area (Å²) in [4.78, 5) is 15.5. The van der Waals surface area contributed by atoms with Gasteiger partial charge in [0.15, 0.2) is 0 Å². The molecule has 1 saturated heterocycles. The van der Waals surface area contributed by atoms with Crippen LogP contribution in [-0.4, -0.2) is 26.5 Å². The molecule has 2 aromatic heterocycles. The molecule has 0 spiro atoms. The Labute approximate surface area is 230 Å². The maximum absolute atomic E-state index is 4.64. The third kappa shape index (κ3) is 5.50. The molecule has 3 N–H and O–H groups in total. The van der Waals surface area contributed by atoms with E-state index in [0.29, 0.717) is 6.04 Å². The highest BCUT2D eigenvalue weighted by Crippen LogP contribution is 2.31. The van der Waals surface area contributed by atoms with Gasteiger partial charge in [-0.25, -0.2) is 9.97 Å². The van der Waals surface area contributed by atoms with E-state index in [2.05, 4.69) is 125 Å². The first kappa shape index (κ1) is 25.1. The number of aromatic nitrogens is 4. The zero-order chi connectivity index (χ0) is 26.8. The Kier molecular flexibility index (Phi) is 6.76. The average molecular weight is 514 g/mol. The number of aromatic amines is 2. The lowest BCUT2D eigenvalue weighted by atomic mass is 9.85. The Balaban J connectivity index is 1.32. The molecule has 5 heteroatoms. The Morgan fingerprint density at radius 1 is 0.821 bits per heavy atom. The number of rotatable bonds is 6. The lowest BCUT2D eigenvalue weighted by Crippen LogP contribution is -2.14. The second-order valence-electron chi connectivity index (χ2n) is 11.4. The normalized spacial score (nSPS) is 16.1. The highest BCUT2D eigenvalue weighted by atomic mass is 15.0. The van der Waals surface area contributed by atoms with Crippen molar-refractivity contribution in [2.75, 3.05) is 6.54 Å². The van der Waals surface area contributed by atoms with E-state index in [-0.39, 0.29) is 5.41 Å². The van der Waals surface area contributed by atoms with Crippen LogP contribution in [-0.2, 0) is 5.41 Å². The number of benzene rings is 3. The molecule has 0 amide bonds. The summed E-state index contributed by atoms with van der Waals surface area (Å²) in [5.41, 5.74) is 10.5. The zero-order valence-electron chi connectivity index (χ0n) is 22.8. The molecule has 6 rings (SSSR count). The molecule has 196 valence electrons. The van der Waals surface area contributed by atoms with Gasteiger partial charge in [-0.2, -0.15) is 0 Å². The first-order valence-corrected chi connectivity index (χ1v) is 13.7. The summed E-state index contributed by atoms with van der Waals surface area (Å²) < 4.78 is 0. The molecule has 0 radical (unpaired) electrons. The number of nitrogens with zero attached hydrogens (tertiary/aromatic N) is 2. The minimum atomic E-state index is 0.115. The van der Waals surface area contributed by atoms with Crippen LogP contribution in [0.3, 0.4) is 0 Å². The van der Waals surface area contributed by atoms with Crippen LogP contribution in [0, 0.1) is 0 Å². The molecule has 3 aromatic carbocycles. The highest BCUT2D eigenvalue weighted by Gasteiger charge is 2.19. The predicted molar refractivity (Wildman–Crippen MR) is 160 cm³/mol. The van der Waals surface area contributed by atoms with Crippen LogP contribution < -0.4 is 5.32 Å². The molecule has 1 aliphatic heterocycles. The quantitative estimate of drug-likeness (QED) is 0.203. The summed E-state index contributed by atoms with van der Waals surface area (Å²) in [6, 6.07) is 26.7. The number of H-pyrrole nitrogens is 2. The Bertz CT molecular complexity index is 1540. The van der Waals surface area contributed by atoms with Crippen molar-refractivity contribution in [1.82, 2.24) is 25.3 Å². The Morgan fingerprint density at radius 2 is 1.49 bits per heavy atom. The van der Waals surface area contributed by atoms with Crippen molar-refractivity contribution < 1.29 is 0 Å². The van der Waals surface area contributed by atoms with Crippen LogP contribution in [0.15, 0.2) is 91.5 Å². The van der Waals surface area contributed by atoms with Gasteiger partial charge in [0, 0.05) is 0 Å². The van der Waals surface area contributed by atoms with Gasteiger partial charge in [-0.05, 0) is 69.8 Å². The number of hydrogen-bond donors (Lipinski definition) is 3. The van der Waals surface area contributed by atoms with Gasteiger partial charge in [-0.15, -0.1) is 0 Å². The molecule has 1 fully saturated rings. The van der Waals surface area contributed by atoms with Crippen molar-refractivity contribution in [3.63, 3.8) is 0 Å². The van der Waals surface area contributed by atoms with Crippen molar-refractivity contribution >= 4 is 11.6 Å². The molecule has 1 atom stereocenters. The molecule has 39 heavy (non-hydrogen) atoms. The fourth-order valence-electron chi connectivity index (χ4n) is 5.23. The number of nitrogens with one attached hydrogen (secondary N) is 3. The molecule has 1 aliphatic rings. The lowest BCUT2D eigenvalue weighted by molar-refractivity contribution is 0.590. The Hall–Kier alpha value is -4.22. The van der Waals surface area contributed by atoms with E-state index >= 15 is 0 Å². The standard InChI is InChI=1S/C34H35N5/c1-34(2,3)28-16-14-25(15-17-28)29(24-10-12-26(13-11-24)31-20-35-22-38-31)19-23-6-8-27(9-7-23)32-21-37-33(39-32)30-5-4-18-36-30/h6-17,19-22,30,36H,4-5,18H2,1-3H3,(H,35,38)(H,37,39)/b29-19-. The topological polar surface area (TPSA) is 69.4 Å². The van der Waals surface area contributed by atoms with E-state index in [1.165, 1.54) is 28.7 Å². The molecule has 0 bridgehead atoms. The van der Waals surface area contributed by atoms with Gasteiger partial charge in [-0.1, -0.05) is 93.6 Å². The first-order valence-electron chi connectivity index (χ1n) is 13.7. The third-order valence-corrected chi connectivity index (χ3v) is 7.59. The SMILES string of the molecule is CC(C)(C)c1ccc(/C(=C\c2ccc(-c3cnc(C4CCCN4)[nH]3)cc2)c2ccc(-c3cnc[nH]3)cc2)cc1. The van der Waals surface area contributed by atoms with Crippen LogP contribution in [0.5, 0.6) is 0 Å². The van der Waals surface area contributed by atoms with Crippen LogP contribution >= 0.6 is 0 Å². The summed E-state index contributed by atoms with van der Waals surface area (Å²) in [7, 11) is 0. The maximum atomic E-state index is 4.64. The summed E-state index contributed by atoms with van der Waals surface area (Å²) in [5.74, 6) is 1.03. The fourth-order valence-corrected chi connectivity index (χ4v) is 5.23. The molecule has 5 nitrogen and oxygen atoms in total. The van der Waals surface area contributed by atoms with Gasteiger partial charge < -0.3 is 15.3 Å². The lowest BCUT2D eigenvalue weighted by Gasteiger charge is -2.19. The van der Waals surface area contributed by atoms with Gasteiger partial charge in [-0.3, -0.25) is 0 Å². The second-order valence-corrected chi connectivity index (χ2v) is 11.4. The van der Waals surface area contributed by atoms with E-state index in [1.807, 2.05) is 12.4 Å². The summed E-state index contributed by atoms with van der Waals surface area (Å²) in [5, 5.41) is 3.52. The van der Waals surface area contributed by atoms with E-state index < -0.39 is 0 Å². The molecular weight excluding hydrogens is 478 g/mol. The smallest absolute Gasteiger partial charge is 0.123 e. The minimum absolute atomic E-state index is 0.115. The molecular formula is C34H35N5. The molecule has 1 unspecified atom stereocenters. The van der Waals surface area contributed by atoms with Gasteiger partial charge in [0.05, 0.1) is 36.2 Å². The second kappa shape index (κ2) is 10.5. The predicted octanol–water partition coefficient (Wildman–Crippen LogP) is 7.78. The minimum Gasteiger partial charge on any atom is -0.345 e. The first-order chi connectivity index (χ1) is 18.9. The third-order valence-electron chi connectivity index (χ3n) is 7.59. The average Bonchev–Trinajstić information content (AvgIpc) is 3.75. The van der Waals surface area contributed by atoms with Gasteiger partial charge >= 0.3 is 0 Å². The maximum Gasteiger partial charge on any atom is 0.123 e. The number of imidazole rings is 2. The monoisotopic (exact) mass is 513 g/mol. The van der Waals surface area contributed by atoms with E-state index in [4.69, 9.17) is 0 Å².